The number of benzene rings is 8. The molecule has 8 aromatic carbocycles. The van der Waals surface area contributed by atoms with Crippen molar-refractivity contribution in [2.45, 2.75) is 36.5 Å². The van der Waals surface area contributed by atoms with Gasteiger partial charge in [0.2, 0.25) is 0 Å². The molecule has 2 spiro atoms. The van der Waals surface area contributed by atoms with Crippen molar-refractivity contribution < 1.29 is 0 Å². The van der Waals surface area contributed by atoms with Gasteiger partial charge in [0.15, 0.2) is 0 Å². The molecule has 0 amide bonds. The van der Waals surface area contributed by atoms with Crippen molar-refractivity contribution in [2.75, 3.05) is 4.90 Å². The average molecular weight is 704 g/mol. The third-order valence-electron chi connectivity index (χ3n) is 13.1. The smallest absolute Gasteiger partial charge is 0.0465 e. The van der Waals surface area contributed by atoms with Crippen molar-refractivity contribution in [3.05, 3.63) is 222 Å². The summed E-state index contributed by atoms with van der Waals surface area (Å²) in [5, 5.41) is 0. The number of anilines is 3. The third kappa shape index (κ3) is 4.93. The summed E-state index contributed by atoms with van der Waals surface area (Å²) in [5.74, 6) is 0. The van der Waals surface area contributed by atoms with Crippen LogP contribution in [0.25, 0.3) is 44.5 Å². The van der Waals surface area contributed by atoms with Gasteiger partial charge in [0.25, 0.3) is 0 Å². The molecule has 0 bridgehead atoms. The lowest BCUT2D eigenvalue weighted by molar-refractivity contribution is 0.265. The Morgan fingerprint density at radius 1 is 0.273 bits per heavy atom. The Labute approximate surface area is 324 Å². The normalized spacial score (nSPS) is 15.3. The maximum Gasteiger partial charge on any atom is 0.0465 e. The van der Waals surface area contributed by atoms with Crippen molar-refractivity contribution >= 4 is 17.1 Å². The minimum atomic E-state index is -0.0420. The van der Waals surface area contributed by atoms with Crippen molar-refractivity contribution in [1.82, 2.24) is 0 Å². The minimum absolute atomic E-state index is 0.0420. The molecule has 8 aromatic rings. The van der Waals surface area contributed by atoms with Crippen LogP contribution < -0.4 is 4.90 Å². The van der Waals surface area contributed by atoms with E-state index in [-0.39, 0.29) is 10.8 Å². The molecule has 11 rings (SSSR count). The summed E-state index contributed by atoms with van der Waals surface area (Å²) < 4.78 is 0. The standard InChI is InChI=1S/C54H41N/c1-3-13-38(14-4-1)40-23-27-42(28-24-40)55(43-29-25-41(26-30-43)39-15-5-2-6-16-39)44-31-32-48-47-19-9-12-22-51(47)54(52(48)37-44)35-33-53(34-36-54)49-20-10-7-17-45(49)46-18-8-11-21-50(46)53/h1-32,37H,33-36H2. The topological polar surface area (TPSA) is 3.24 Å². The molecule has 0 heterocycles. The van der Waals surface area contributed by atoms with E-state index in [1.54, 1.807) is 0 Å². The van der Waals surface area contributed by atoms with Crippen molar-refractivity contribution in [2.24, 2.45) is 0 Å². The summed E-state index contributed by atoms with van der Waals surface area (Å²) in [7, 11) is 0. The summed E-state index contributed by atoms with van der Waals surface area (Å²) in [6.07, 6.45) is 4.48. The minimum Gasteiger partial charge on any atom is -0.310 e. The zero-order chi connectivity index (χ0) is 36.4. The van der Waals surface area contributed by atoms with Crippen LogP contribution in [0, 0.1) is 0 Å². The molecule has 1 saturated carbocycles. The van der Waals surface area contributed by atoms with Gasteiger partial charge in [0.1, 0.15) is 0 Å². The second-order valence-corrected chi connectivity index (χ2v) is 15.7. The molecule has 262 valence electrons. The zero-order valence-electron chi connectivity index (χ0n) is 30.8. The number of fused-ring (bicyclic) bond motifs is 10. The van der Waals surface area contributed by atoms with Gasteiger partial charge in [-0.2, -0.15) is 0 Å². The first kappa shape index (κ1) is 32.0. The first-order valence-electron chi connectivity index (χ1n) is 19.8. The van der Waals surface area contributed by atoms with E-state index in [9.17, 15) is 0 Å². The number of rotatable bonds is 5. The van der Waals surface area contributed by atoms with Gasteiger partial charge in [-0.05, 0) is 129 Å². The highest BCUT2D eigenvalue weighted by atomic mass is 15.1. The maximum absolute atomic E-state index is 2.54. The Morgan fingerprint density at radius 3 is 1.04 bits per heavy atom. The average Bonchev–Trinajstić information content (AvgIpc) is 3.69. The maximum atomic E-state index is 2.54. The fourth-order valence-electron chi connectivity index (χ4n) is 10.5. The van der Waals surface area contributed by atoms with Gasteiger partial charge in [0, 0.05) is 27.9 Å². The van der Waals surface area contributed by atoms with E-state index in [1.807, 2.05) is 0 Å². The fraction of sp³-hybridized carbons (Fsp3) is 0.111. The molecule has 55 heavy (non-hydrogen) atoms. The second-order valence-electron chi connectivity index (χ2n) is 15.7. The van der Waals surface area contributed by atoms with Gasteiger partial charge in [-0.1, -0.05) is 164 Å². The molecule has 3 aliphatic carbocycles. The quantitative estimate of drug-likeness (QED) is 0.172. The third-order valence-corrected chi connectivity index (χ3v) is 13.1. The van der Waals surface area contributed by atoms with Crippen LogP contribution in [0.5, 0.6) is 0 Å². The number of hydrogen-bond donors (Lipinski definition) is 0. The predicted octanol–water partition coefficient (Wildman–Crippen LogP) is 14.3. The molecule has 0 unspecified atom stereocenters. The first-order valence-corrected chi connectivity index (χ1v) is 19.8. The summed E-state index contributed by atoms with van der Waals surface area (Å²) >= 11 is 0. The molecule has 1 fully saturated rings. The largest absolute Gasteiger partial charge is 0.310 e. The zero-order valence-corrected chi connectivity index (χ0v) is 30.8. The lowest BCUT2D eigenvalue weighted by Gasteiger charge is -2.45. The van der Waals surface area contributed by atoms with Crippen molar-refractivity contribution in [3.63, 3.8) is 0 Å². The fourth-order valence-corrected chi connectivity index (χ4v) is 10.5. The monoisotopic (exact) mass is 703 g/mol. The first-order chi connectivity index (χ1) is 27.2. The molecule has 0 atom stereocenters. The molecule has 0 aliphatic heterocycles. The highest BCUT2D eigenvalue weighted by molar-refractivity contribution is 5.87. The van der Waals surface area contributed by atoms with Gasteiger partial charge in [-0.25, -0.2) is 0 Å². The van der Waals surface area contributed by atoms with Crippen molar-refractivity contribution in [3.8, 4) is 44.5 Å². The molecule has 1 heteroatoms. The molecule has 0 saturated heterocycles. The number of hydrogen-bond acceptors (Lipinski definition) is 1. The van der Waals surface area contributed by atoms with E-state index in [1.165, 1.54) is 72.4 Å². The highest BCUT2D eigenvalue weighted by Gasteiger charge is 2.53. The van der Waals surface area contributed by atoms with E-state index < -0.39 is 0 Å². The summed E-state index contributed by atoms with van der Waals surface area (Å²) in [6, 6.07) is 74.5. The van der Waals surface area contributed by atoms with E-state index >= 15 is 0 Å². The van der Waals surface area contributed by atoms with Gasteiger partial charge >= 0.3 is 0 Å². The molecular formula is C54H41N. The van der Waals surface area contributed by atoms with Gasteiger partial charge in [0.05, 0.1) is 0 Å². The van der Waals surface area contributed by atoms with Crippen LogP contribution in [-0.2, 0) is 10.8 Å². The lowest BCUT2D eigenvalue weighted by Crippen LogP contribution is -2.39. The number of nitrogens with zero attached hydrogens (tertiary/aromatic N) is 1. The molecule has 0 aromatic heterocycles. The van der Waals surface area contributed by atoms with Crippen LogP contribution in [0.4, 0.5) is 17.1 Å². The Hall–Kier alpha value is -6.44. The second kappa shape index (κ2) is 12.6. The van der Waals surface area contributed by atoms with E-state index in [0.717, 1.165) is 37.1 Å². The Balaban J connectivity index is 1.03. The van der Waals surface area contributed by atoms with Gasteiger partial charge in [-0.3, -0.25) is 0 Å². The molecule has 3 aliphatic rings. The van der Waals surface area contributed by atoms with Crippen LogP contribution in [0.1, 0.15) is 47.9 Å². The van der Waals surface area contributed by atoms with E-state index in [4.69, 9.17) is 0 Å². The summed E-state index contributed by atoms with van der Waals surface area (Å²) in [5.41, 5.74) is 20.1. The molecule has 1 nitrogen and oxygen atoms in total. The highest BCUT2D eigenvalue weighted by Crippen LogP contribution is 2.64. The summed E-state index contributed by atoms with van der Waals surface area (Å²) in [6.45, 7) is 0. The SMILES string of the molecule is c1ccc(-c2ccc(N(c3ccc(-c4ccccc4)cc3)c3ccc4c(c3)C3(CCC5(CC3)c3ccccc3-c3ccccc35)c3ccccc3-4)cc2)cc1. The summed E-state index contributed by atoms with van der Waals surface area (Å²) in [4.78, 5) is 2.45. The molecule has 0 radical (unpaired) electrons. The van der Waals surface area contributed by atoms with Crippen LogP contribution in [0.15, 0.2) is 200 Å². The van der Waals surface area contributed by atoms with Gasteiger partial charge < -0.3 is 4.90 Å². The van der Waals surface area contributed by atoms with E-state index in [0.29, 0.717) is 0 Å². The van der Waals surface area contributed by atoms with Crippen LogP contribution in [0.3, 0.4) is 0 Å². The van der Waals surface area contributed by atoms with E-state index in [2.05, 4.69) is 205 Å². The van der Waals surface area contributed by atoms with Crippen LogP contribution in [-0.4, -0.2) is 0 Å². The Kier molecular flexibility index (Phi) is 7.32. The van der Waals surface area contributed by atoms with Gasteiger partial charge in [-0.15, -0.1) is 0 Å². The predicted molar refractivity (Wildman–Crippen MR) is 229 cm³/mol. The molecule has 0 N–H and O–H groups in total. The van der Waals surface area contributed by atoms with Crippen molar-refractivity contribution in [1.29, 1.82) is 0 Å². The lowest BCUT2D eigenvalue weighted by atomic mass is 9.57. The molecular weight excluding hydrogens is 663 g/mol. The Bertz CT molecular complexity index is 2550. The van der Waals surface area contributed by atoms with Crippen LogP contribution >= 0.6 is 0 Å². The Morgan fingerprint density at radius 2 is 0.600 bits per heavy atom. The van der Waals surface area contributed by atoms with Crippen LogP contribution in [0.2, 0.25) is 0 Å².